The van der Waals surface area contributed by atoms with Crippen LogP contribution >= 0.6 is 12.4 Å². The van der Waals surface area contributed by atoms with Crippen LogP contribution in [-0.4, -0.2) is 72.4 Å². The molecule has 0 saturated carbocycles. The smallest absolute Gasteiger partial charge is 0.320 e. The molecule has 4 N–H and O–H groups in total. The van der Waals surface area contributed by atoms with E-state index in [1.54, 1.807) is 6.92 Å². The minimum absolute atomic E-state index is 0. The molecule has 0 spiro atoms. The van der Waals surface area contributed by atoms with Crippen molar-refractivity contribution in [2.24, 2.45) is 11.7 Å². The number of likely N-dealkylation sites (N-methyl/N-ethyl adjacent to an activating group) is 1. The summed E-state index contributed by atoms with van der Waals surface area (Å²) >= 11 is 0. The lowest BCUT2D eigenvalue weighted by Crippen LogP contribution is -2.43. The van der Waals surface area contributed by atoms with Crippen molar-refractivity contribution in [2.45, 2.75) is 52.2 Å². The third kappa shape index (κ3) is 20.6. The number of carboxylic acid groups (broad SMARTS) is 2. The molecule has 0 bridgehead atoms. The van der Waals surface area contributed by atoms with E-state index in [0.717, 1.165) is 0 Å². The van der Waals surface area contributed by atoms with Crippen LogP contribution in [0, 0.1) is 5.92 Å². The fourth-order valence-corrected chi connectivity index (χ4v) is 1.83. The lowest BCUT2D eigenvalue weighted by Gasteiger charge is -2.28. The SMILES string of the molecule is CC(C)C[C@@H](N)C(=O)O.CCC(=O)O[C@@H](CC(=O)O)C[N+](C)(C)C.Cl. The van der Waals surface area contributed by atoms with Gasteiger partial charge in [0.2, 0.25) is 0 Å². The summed E-state index contributed by atoms with van der Waals surface area (Å²) in [6.07, 6.45) is 0.138. The second kappa shape index (κ2) is 13.9. The van der Waals surface area contributed by atoms with Crippen LogP contribution in [0.4, 0.5) is 0 Å². The summed E-state index contributed by atoms with van der Waals surface area (Å²) in [6.45, 7) is 6.08. The average Bonchev–Trinajstić information content (AvgIpc) is 2.35. The van der Waals surface area contributed by atoms with E-state index < -0.39 is 24.1 Å². The topological polar surface area (TPSA) is 127 Å². The van der Waals surface area contributed by atoms with Gasteiger partial charge in [0.05, 0.1) is 27.6 Å². The highest BCUT2D eigenvalue weighted by molar-refractivity contribution is 5.85. The molecule has 0 amide bonds. The summed E-state index contributed by atoms with van der Waals surface area (Å²) < 4.78 is 5.62. The first-order valence-electron chi connectivity index (χ1n) is 7.98. The standard InChI is InChI=1S/C10H19NO4.C6H13NO2.ClH/c1-5-10(14)15-8(6-9(12)13)7-11(2,3)4;1-4(2)3-5(7)6(8)9;/h8H,5-7H2,1-4H3;4-5H,3,7H2,1-2H3,(H,8,9);1H/p+1/t8-;5-;/m01./s1. The molecule has 0 radical (unpaired) electrons. The molecule has 0 aromatic heterocycles. The van der Waals surface area contributed by atoms with Crippen LogP contribution in [0.2, 0.25) is 0 Å². The predicted octanol–water partition coefficient (Wildman–Crippen LogP) is 1.36. The van der Waals surface area contributed by atoms with Crippen molar-refractivity contribution >= 4 is 30.3 Å². The van der Waals surface area contributed by atoms with Gasteiger partial charge in [-0.2, -0.15) is 0 Å². The fraction of sp³-hybridized carbons (Fsp3) is 0.812. The number of rotatable bonds is 9. The van der Waals surface area contributed by atoms with Gasteiger partial charge in [0.15, 0.2) is 6.10 Å². The van der Waals surface area contributed by atoms with Gasteiger partial charge in [0, 0.05) is 6.42 Å². The first kappa shape index (κ1) is 28.4. The Kier molecular flexibility index (Phi) is 15.8. The lowest BCUT2D eigenvalue weighted by molar-refractivity contribution is -0.873. The third-order valence-electron chi connectivity index (χ3n) is 2.78. The maximum absolute atomic E-state index is 11.1. The van der Waals surface area contributed by atoms with Crippen molar-refractivity contribution in [3.8, 4) is 0 Å². The van der Waals surface area contributed by atoms with Crippen LogP contribution in [0.25, 0.3) is 0 Å². The average molecular weight is 386 g/mol. The number of ether oxygens (including phenoxy) is 1. The Morgan fingerprint density at radius 2 is 1.60 bits per heavy atom. The van der Waals surface area contributed by atoms with Gasteiger partial charge in [-0.15, -0.1) is 12.4 Å². The van der Waals surface area contributed by atoms with Crippen molar-refractivity contribution in [2.75, 3.05) is 27.7 Å². The summed E-state index contributed by atoms with van der Waals surface area (Å²) in [6, 6.07) is -0.690. The highest BCUT2D eigenvalue weighted by atomic mass is 35.5. The highest BCUT2D eigenvalue weighted by Crippen LogP contribution is 2.06. The molecule has 0 aromatic rings. The molecular formula is C16H34ClN2O6+. The van der Waals surface area contributed by atoms with E-state index in [2.05, 4.69) is 0 Å². The Labute approximate surface area is 156 Å². The second-order valence-electron chi connectivity index (χ2n) is 7.11. The molecule has 2 atom stereocenters. The van der Waals surface area contributed by atoms with E-state index in [9.17, 15) is 14.4 Å². The summed E-state index contributed by atoms with van der Waals surface area (Å²) in [5.41, 5.74) is 5.22. The van der Waals surface area contributed by atoms with Crippen molar-refractivity contribution in [3.05, 3.63) is 0 Å². The van der Waals surface area contributed by atoms with E-state index in [4.69, 9.17) is 20.7 Å². The molecule has 0 aliphatic heterocycles. The van der Waals surface area contributed by atoms with Gasteiger partial charge >= 0.3 is 17.9 Å². The number of carbonyl (C=O) groups excluding carboxylic acids is 1. The van der Waals surface area contributed by atoms with Gasteiger partial charge in [0.1, 0.15) is 12.6 Å². The van der Waals surface area contributed by atoms with Crippen LogP contribution < -0.4 is 5.73 Å². The van der Waals surface area contributed by atoms with Crippen molar-refractivity contribution in [1.29, 1.82) is 0 Å². The monoisotopic (exact) mass is 385 g/mol. The van der Waals surface area contributed by atoms with Crippen LogP contribution in [0.15, 0.2) is 0 Å². The van der Waals surface area contributed by atoms with Gasteiger partial charge in [-0.3, -0.25) is 14.4 Å². The Bertz CT molecular complexity index is 410. The summed E-state index contributed by atoms with van der Waals surface area (Å²) in [5, 5.41) is 17.0. The van der Waals surface area contributed by atoms with Crippen LogP contribution in [0.3, 0.4) is 0 Å². The van der Waals surface area contributed by atoms with E-state index >= 15 is 0 Å². The molecule has 9 heteroatoms. The number of esters is 1. The number of carboxylic acids is 2. The van der Waals surface area contributed by atoms with Gasteiger partial charge < -0.3 is 25.2 Å². The molecule has 0 unspecified atom stereocenters. The summed E-state index contributed by atoms with van der Waals surface area (Å²) in [7, 11) is 5.78. The van der Waals surface area contributed by atoms with E-state index in [1.165, 1.54) is 0 Å². The van der Waals surface area contributed by atoms with Crippen molar-refractivity contribution < 1.29 is 33.8 Å². The highest BCUT2D eigenvalue weighted by Gasteiger charge is 2.24. The Morgan fingerprint density at radius 1 is 1.12 bits per heavy atom. The Balaban J connectivity index is -0.000000418. The zero-order chi connectivity index (χ0) is 19.5. The molecule has 0 rings (SSSR count). The van der Waals surface area contributed by atoms with Crippen LogP contribution in [-0.2, 0) is 19.1 Å². The number of nitrogens with zero attached hydrogens (tertiary/aromatic N) is 1. The largest absolute Gasteiger partial charge is 0.481 e. The molecule has 0 aliphatic carbocycles. The van der Waals surface area contributed by atoms with Gasteiger partial charge in [-0.1, -0.05) is 20.8 Å². The number of aliphatic carboxylic acids is 2. The van der Waals surface area contributed by atoms with Crippen LogP contribution in [0.1, 0.15) is 40.0 Å². The number of hydrogen-bond acceptors (Lipinski definition) is 5. The summed E-state index contributed by atoms with van der Waals surface area (Å²) in [5.74, 6) is -1.85. The fourth-order valence-electron chi connectivity index (χ4n) is 1.83. The molecule has 0 aliphatic rings. The molecule has 8 nitrogen and oxygen atoms in total. The molecule has 0 saturated heterocycles. The minimum atomic E-state index is -0.947. The van der Waals surface area contributed by atoms with E-state index in [1.807, 2.05) is 35.0 Å². The Morgan fingerprint density at radius 3 is 1.84 bits per heavy atom. The number of carbonyl (C=O) groups is 3. The first-order valence-corrected chi connectivity index (χ1v) is 7.98. The van der Waals surface area contributed by atoms with Gasteiger partial charge in [-0.05, 0) is 12.3 Å². The summed E-state index contributed by atoms with van der Waals surface area (Å²) in [4.78, 5) is 31.7. The minimum Gasteiger partial charge on any atom is -0.481 e. The number of quaternary nitrogens is 1. The maximum Gasteiger partial charge on any atom is 0.320 e. The number of nitrogens with two attached hydrogens (primary N) is 1. The molecule has 0 aromatic carbocycles. The maximum atomic E-state index is 11.1. The number of halogens is 1. The van der Waals surface area contributed by atoms with Crippen molar-refractivity contribution in [1.82, 2.24) is 0 Å². The Hall–Kier alpha value is -1.38. The zero-order valence-corrected chi connectivity index (χ0v) is 16.8. The quantitative estimate of drug-likeness (QED) is 0.404. The molecule has 25 heavy (non-hydrogen) atoms. The van der Waals surface area contributed by atoms with E-state index in [-0.39, 0.29) is 31.2 Å². The number of hydrogen-bond donors (Lipinski definition) is 3. The van der Waals surface area contributed by atoms with E-state index in [0.29, 0.717) is 23.4 Å². The molecular weight excluding hydrogens is 352 g/mol. The molecule has 0 fully saturated rings. The van der Waals surface area contributed by atoms with Gasteiger partial charge in [-0.25, -0.2) is 0 Å². The van der Waals surface area contributed by atoms with Crippen LogP contribution in [0.5, 0.6) is 0 Å². The second-order valence-corrected chi connectivity index (χ2v) is 7.11. The zero-order valence-electron chi connectivity index (χ0n) is 16.0. The molecule has 0 heterocycles. The predicted molar refractivity (Wildman–Crippen MR) is 97.6 cm³/mol. The third-order valence-corrected chi connectivity index (χ3v) is 2.78. The van der Waals surface area contributed by atoms with Crippen molar-refractivity contribution in [3.63, 3.8) is 0 Å². The normalized spacial score (nSPS) is 13.0. The van der Waals surface area contributed by atoms with Gasteiger partial charge in [0.25, 0.3) is 0 Å². The molecule has 150 valence electrons. The first-order chi connectivity index (χ1) is 10.8. The lowest BCUT2D eigenvalue weighted by atomic mass is 10.1.